The molecule has 7 nitrogen and oxygen atoms in total. The molecular weight excluding hydrogens is 396 g/mol. The fraction of sp³-hybridized carbons (Fsp3) is 0.0833. The van der Waals surface area contributed by atoms with Crippen molar-refractivity contribution in [2.45, 2.75) is 13.3 Å². The summed E-state index contributed by atoms with van der Waals surface area (Å²) < 4.78 is 0. The van der Waals surface area contributed by atoms with Crippen LogP contribution in [0.15, 0.2) is 66.7 Å². The molecule has 154 valence electrons. The lowest BCUT2D eigenvalue weighted by atomic mass is 10.1. The fourth-order valence-corrected chi connectivity index (χ4v) is 3.54. The quantitative estimate of drug-likeness (QED) is 0.614. The highest BCUT2D eigenvalue weighted by Gasteiger charge is 2.37. The molecule has 3 aromatic rings. The summed E-state index contributed by atoms with van der Waals surface area (Å²) in [5.74, 6) is -2.75. The standard InChI is InChI=1S/C24H18N2O5/c1-2-14-6-3-4-9-20(14)25-21(27)15-7-5-8-17(12-15)26-22(28)18-11-10-16(24(30)31)13-19(18)23(26)29/h3-13H,2H2,1H3,(H,25,27)(H,30,31). The fourth-order valence-electron chi connectivity index (χ4n) is 3.54. The van der Waals surface area contributed by atoms with Gasteiger partial charge in [-0.3, -0.25) is 14.4 Å². The molecule has 2 N–H and O–H groups in total. The Labute approximate surface area is 177 Å². The largest absolute Gasteiger partial charge is 0.478 e. The van der Waals surface area contributed by atoms with Crippen molar-refractivity contribution in [3.05, 3.63) is 94.5 Å². The normalized spacial score (nSPS) is 12.6. The molecule has 7 heteroatoms. The number of benzene rings is 3. The van der Waals surface area contributed by atoms with Crippen molar-refractivity contribution in [3.8, 4) is 0 Å². The van der Waals surface area contributed by atoms with E-state index in [4.69, 9.17) is 5.11 Å². The minimum absolute atomic E-state index is 0.0247. The van der Waals surface area contributed by atoms with Gasteiger partial charge in [-0.15, -0.1) is 0 Å². The van der Waals surface area contributed by atoms with E-state index in [1.165, 1.54) is 24.3 Å². The number of carboxylic acids is 1. The maximum absolute atomic E-state index is 12.8. The monoisotopic (exact) mass is 414 g/mol. The molecule has 0 bridgehead atoms. The highest BCUT2D eigenvalue weighted by atomic mass is 16.4. The first-order valence-corrected chi connectivity index (χ1v) is 9.66. The molecule has 3 amide bonds. The second-order valence-corrected chi connectivity index (χ2v) is 7.03. The number of para-hydroxylation sites is 1. The van der Waals surface area contributed by atoms with Crippen LogP contribution >= 0.6 is 0 Å². The minimum atomic E-state index is -1.19. The van der Waals surface area contributed by atoms with Crippen molar-refractivity contribution in [1.29, 1.82) is 0 Å². The van der Waals surface area contributed by atoms with E-state index in [0.717, 1.165) is 16.9 Å². The van der Waals surface area contributed by atoms with Gasteiger partial charge in [-0.05, 0) is 54.4 Å². The number of rotatable bonds is 5. The number of aromatic carboxylic acids is 1. The zero-order valence-corrected chi connectivity index (χ0v) is 16.6. The first-order chi connectivity index (χ1) is 14.9. The van der Waals surface area contributed by atoms with Crippen molar-refractivity contribution in [2.24, 2.45) is 0 Å². The van der Waals surface area contributed by atoms with Gasteiger partial charge >= 0.3 is 5.97 Å². The molecule has 1 heterocycles. The van der Waals surface area contributed by atoms with E-state index in [-0.39, 0.29) is 33.8 Å². The van der Waals surface area contributed by atoms with Gasteiger partial charge in [0.05, 0.1) is 22.4 Å². The number of amides is 3. The second kappa shape index (κ2) is 7.87. The summed E-state index contributed by atoms with van der Waals surface area (Å²) in [5, 5.41) is 12.0. The van der Waals surface area contributed by atoms with Crippen molar-refractivity contribution < 1.29 is 24.3 Å². The van der Waals surface area contributed by atoms with Crippen molar-refractivity contribution >= 4 is 35.1 Å². The molecule has 0 aliphatic carbocycles. The first-order valence-electron chi connectivity index (χ1n) is 9.66. The van der Waals surface area contributed by atoms with E-state index in [1.807, 2.05) is 31.2 Å². The van der Waals surface area contributed by atoms with E-state index >= 15 is 0 Å². The van der Waals surface area contributed by atoms with Gasteiger partial charge in [0.1, 0.15) is 0 Å². The molecule has 0 atom stereocenters. The SMILES string of the molecule is CCc1ccccc1NC(=O)c1cccc(N2C(=O)c3ccc(C(=O)O)cc3C2=O)c1. The number of imide groups is 1. The van der Waals surface area contributed by atoms with Crippen LogP contribution in [0.1, 0.15) is 53.9 Å². The van der Waals surface area contributed by atoms with E-state index < -0.39 is 17.8 Å². The van der Waals surface area contributed by atoms with E-state index in [9.17, 15) is 19.2 Å². The number of fused-ring (bicyclic) bond motifs is 1. The average Bonchev–Trinajstić information content (AvgIpc) is 3.03. The Morgan fingerprint density at radius 1 is 0.871 bits per heavy atom. The molecule has 0 radical (unpaired) electrons. The third-order valence-electron chi connectivity index (χ3n) is 5.15. The number of nitrogens with one attached hydrogen (secondary N) is 1. The van der Waals surface area contributed by atoms with Gasteiger partial charge in [-0.1, -0.05) is 31.2 Å². The highest BCUT2D eigenvalue weighted by Crippen LogP contribution is 2.30. The number of carbonyl (C=O) groups excluding carboxylic acids is 3. The van der Waals surface area contributed by atoms with Crippen LogP contribution in [0.4, 0.5) is 11.4 Å². The lowest BCUT2D eigenvalue weighted by molar-refractivity contribution is 0.0696. The smallest absolute Gasteiger partial charge is 0.335 e. The predicted octanol–water partition coefficient (Wildman–Crippen LogP) is 4.00. The predicted molar refractivity (Wildman–Crippen MR) is 115 cm³/mol. The molecule has 0 saturated carbocycles. The summed E-state index contributed by atoms with van der Waals surface area (Å²) in [6.07, 6.45) is 0.754. The van der Waals surface area contributed by atoms with Crippen LogP contribution in [-0.4, -0.2) is 28.8 Å². The number of aryl methyl sites for hydroxylation is 1. The van der Waals surface area contributed by atoms with Crippen molar-refractivity contribution in [1.82, 2.24) is 0 Å². The Bertz CT molecular complexity index is 1250. The average molecular weight is 414 g/mol. The lowest BCUT2D eigenvalue weighted by Crippen LogP contribution is -2.29. The van der Waals surface area contributed by atoms with Gasteiger partial charge in [-0.2, -0.15) is 0 Å². The Kier molecular flexibility index (Phi) is 5.09. The van der Waals surface area contributed by atoms with Crippen molar-refractivity contribution in [3.63, 3.8) is 0 Å². The summed E-state index contributed by atoms with van der Waals surface area (Å²) in [7, 11) is 0. The summed E-state index contributed by atoms with van der Waals surface area (Å²) in [5.41, 5.74) is 2.28. The number of carbonyl (C=O) groups is 4. The Morgan fingerprint density at radius 3 is 2.35 bits per heavy atom. The van der Waals surface area contributed by atoms with E-state index in [2.05, 4.69) is 5.32 Å². The first kappa shape index (κ1) is 20.0. The molecule has 31 heavy (non-hydrogen) atoms. The topological polar surface area (TPSA) is 104 Å². The third-order valence-corrected chi connectivity index (χ3v) is 5.15. The number of nitrogens with zero attached hydrogens (tertiary/aromatic N) is 1. The Morgan fingerprint density at radius 2 is 1.61 bits per heavy atom. The number of hydrogen-bond acceptors (Lipinski definition) is 4. The maximum Gasteiger partial charge on any atom is 0.335 e. The molecular formula is C24H18N2O5. The van der Waals surface area contributed by atoms with Gasteiger partial charge in [0.2, 0.25) is 0 Å². The molecule has 0 saturated heterocycles. The summed E-state index contributed by atoms with van der Waals surface area (Å²) in [6.45, 7) is 1.99. The highest BCUT2D eigenvalue weighted by molar-refractivity contribution is 6.34. The summed E-state index contributed by atoms with van der Waals surface area (Å²) in [6, 6.07) is 17.5. The molecule has 3 aromatic carbocycles. The Hall–Kier alpha value is -4.26. The second-order valence-electron chi connectivity index (χ2n) is 7.03. The van der Waals surface area contributed by atoms with Gasteiger partial charge in [0, 0.05) is 11.3 Å². The molecule has 1 aliphatic rings. The summed E-state index contributed by atoms with van der Waals surface area (Å²) >= 11 is 0. The molecule has 1 aliphatic heterocycles. The minimum Gasteiger partial charge on any atom is -0.478 e. The molecule has 0 unspecified atom stereocenters. The van der Waals surface area contributed by atoms with Crippen LogP contribution in [0.25, 0.3) is 0 Å². The maximum atomic E-state index is 12.8. The van der Waals surface area contributed by atoms with Crippen LogP contribution in [0.3, 0.4) is 0 Å². The third kappa shape index (κ3) is 3.57. The zero-order chi connectivity index (χ0) is 22.1. The van der Waals surface area contributed by atoms with Gasteiger partial charge in [-0.25, -0.2) is 9.69 Å². The molecule has 0 fully saturated rings. The van der Waals surface area contributed by atoms with Crippen LogP contribution in [-0.2, 0) is 6.42 Å². The summed E-state index contributed by atoms with van der Waals surface area (Å²) in [4.78, 5) is 50.6. The van der Waals surface area contributed by atoms with Crippen LogP contribution < -0.4 is 10.2 Å². The van der Waals surface area contributed by atoms with E-state index in [0.29, 0.717) is 5.69 Å². The van der Waals surface area contributed by atoms with Crippen molar-refractivity contribution in [2.75, 3.05) is 10.2 Å². The Balaban J connectivity index is 1.64. The van der Waals surface area contributed by atoms with E-state index in [1.54, 1.807) is 18.2 Å². The van der Waals surface area contributed by atoms with Gasteiger partial charge in [0.15, 0.2) is 0 Å². The molecule has 4 rings (SSSR count). The van der Waals surface area contributed by atoms with Crippen LogP contribution in [0.5, 0.6) is 0 Å². The number of carboxylic acid groups (broad SMARTS) is 1. The lowest BCUT2D eigenvalue weighted by Gasteiger charge is -2.15. The zero-order valence-electron chi connectivity index (χ0n) is 16.6. The molecule has 0 aromatic heterocycles. The van der Waals surface area contributed by atoms with Gasteiger partial charge in [0.25, 0.3) is 17.7 Å². The molecule has 0 spiro atoms. The van der Waals surface area contributed by atoms with Crippen LogP contribution in [0.2, 0.25) is 0 Å². The number of hydrogen-bond donors (Lipinski definition) is 2. The van der Waals surface area contributed by atoms with Crippen LogP contribution in [0, 0.1) is 0 Å². The van der Waals surface area contributed by atoms with Gasteiger partial charge < -0.3 is 10.4 Å². The number of anilines is 2.